The van der Waals surface area contributed by atoms with Gasteiger partial charge in [0.25, 0.3) is 0 Å². The second kappa shape index (κ2) is 9.06. The first kappa shape index (κ1) is 19.5. The van der Waals surface area contributed by atoms with Gasteiger partial charge in [-0.2, -0.15) is 0 Å². The fraction of sp³-hybridized carbons (Fsp3) is 0.556. The number of likely N-dealkylation sites (tertiary alicyclic amines) is 1. The van der Waals surface area contributed by atoms with Gasteiger partial charge < -0.3 is 20.3 Å². The predicted molar refractivity (Wildman–Crippen MR) is 97.8 cm³/mol. The van der Waals surface area contributed by atoms with Gasteiger partial charge in [0.2, 0.25) is 11.8 Å². The van der Waals surface area contributed by atoms with Crippen LogP contribution < -0.4 is 15.4 Å². The number of amides is 2. The van der Waals surface area contributed by atoms with Gasteiger partial charge in [-0.3, -0.25) is 9.59 Å². The highest BCUT2D eigenvalue weighted by Gasteiger charge is 2.32. The number of carbonyl (C=O) groups is 2. The Bertz CT molecular complexity index is 590. The molecule has 138 valence electrons. The minimum Gasteiger partial charge on any atom is -0.497 e. The van der Waals surface area contributed by atoms with Crippen LogP contribution in [0.4, 0.5) is 0 Å². The van der Waals surface area contributed by atoms with Crippen LogP contribution in [0.3, 0.4) is 0 Å². The normalized spacial score (nSPS) is 19.5. The molecule has 2 aliphatic rings. The first-order valence-corrected chi connectivity index (χ1v) is 8.57. The predicted octanol–water partition coefficient (Wildman–Crippen LogP) is 1.33. The average molecular weight is 368 g/mol. The summed E-state index contributed by atoms with van der Waals surface area (Å²) in [4.78, 5) is 26.1. The highest BCUT2D eigenvalue weighted by molar-refractivity contribution is 5.89. The van der Waals surface area contributed by atoms with E-state index in [0.29, 0.717) is 26.1 Å². The molecule has 0 spiro atoms. The number of halogens is 1. The van der Waals surface area contributed by atoms with Crippen molar-refractivity contribution in [3.8, 4) is 5.75 Å². The van der Waals surface area contributed by atoms with E-state index in [-0.39, 0.29) is 24.2 Å². The first-order chi connectivity index (χ1) is 11.7. The lowest BCUT2D eigenvalue weighted by Gasteiger charge is -2.17. The zero-order valence-electron chi connectivity index (χ0n) is 14.5. The lowest BCUT2D eigenvalue weighted by Crippen LogP contribution is -2.44. The van der Waals surface area contributed by atoms with Crippen molar-refractivity contribution in [1.82, 2.24) is 15.5 Å². The summed E-state index contributed by atoms with van der Waals surface area (Å²) in [6, 6.07) is 7.31. The van der Waals surface area contributed by atoms with Crippen LogP contribution >= 0.6 is 12.4 Å². The van der Waals surface area contributed by atoms with Crippen LogP contribution in [-0.2, 0) is 16.1 Å². The van der Waals surface area contributed by atoms with Crippen LogP contribution in [-0.4, -0.2) is 49.5 Å². The Morgan fingerprint density at radius 3 is 2.60 bits per heavy atom. The quantitative estimate of drug-likeness (QED) is 0.727. The zero-order valence-corrected chi connectivity index (χ0v) is 15.3. The molecule has 25 heavy (non-hydrogen) atoms. The Morgan fingerprint density at radius 2 is 1.96 bits per heavy atom. The van der Waals surface area contributed by atoms with E-state index >= 15 is 0 Å². The standard InChI is InChI=1S/C18H25N3O3.ClH/c1-24-15-6-4-14(5-7-15)12-21-9-8-16(18(21)23)20-17(22)11-19-10-13-2-3-13;/h4-7,13,16,19H,2-3,8-12H2,1H3,(H,20,22);1H. The van der Waals surface area contributed by atoms with Crippen molar-refractivity contribution in [2.24, 2.45) is 5.92 Å². The molecule has 0 aromatic heterocycles. The van der Waals surface area contributed by atoms with Gasteiger partial charge in [-0.15, -0.1) is 12.4 Å². The Labute approximate surface area is 154 Å². The van der Waals surface area contributed by atoms with Gasteiger partial charge in [0, 0.05) is 13.1 Å². The molecule has 1 saturated carbocycles. The number of methoxy groups -OCH3 is 1. The summed E-state index contributed by atoms with van der Waals surface area (Å²) < 4.78 is 5.14. The molecule has 1 aliphatic heterocycles. The molecule has 7 heteroatoms. The lowest BCUT2D eigenvalue weighted by atomic mass is 10.2. The molecule has 1 aromatic rings. The summed E-state index contributed by atoms with van der Waals surface area (Å²) in [7, 11) is 1.63. The van der Waals surface area contributed by atoms with Gasteiger partial charge in [-0.05, 0) is 49.4 Å². The SMILES string of the molecule is COc1ccc(CN2CCC(NC(=O)CNCC3CC3)C2=O)cc1.Cl. The summed E-state index contributed by atoms with van der Waals surface area (Å²) in [6.45, 7) is 2.43. The maximum Gasteiger partial charge on any atom is 0.245 e. The molecule has 1 aliphatic carbocycles. The van der Waals surface area contributed by atoms with Gasteiger partial charge in [-0.1, -0.05) is 12.1 Å². The third kappa shape index (κ3) is 5.61. The molecular formula is C18H26ClN3O3. The lowest BCUT2D eigenvalue weighted by molar-refractivity contribution is -0.132. The van der Waals surface area contributed by atoms with E-state index in [2.05, 4.69) is 10.6 Å². The van der Waals surface area contributed by atoms with Crippen LogP contribution in [0.2, 0.25) is 0 Å². The van der Waals surface area contributed by atoms with Crippen molar-refractivity contribution < 1.29 is 14.3 Å². The second-order valence-electron chi connectivity index (χ2n) is 6.59. The average Bonchev–Trinajstić information content (AvgIpc) is 3.35. The van der Waals surface area contributed by atoms with Crippen molar-refractivity contribution in [2.75, 3.05) is 26.7 Å². The fourth-order valence-corrected chi connectivity index (χ4v) is 2.94. The molecule has 3 rings (SSSR count). The largest absolute Gasteiger partial charge is 0.497 e. The summed E-state index contributed by atoms with van der Waals surface area (Å²) >= 11 is 0. The fourth-order valence-electron chi connectivity index (χ4n) is 2.94. The van der Waals surface area contributed by atoms with Crippen molar-refractivity contribution in [2.45, 2.75) is 31.8 Å². The Balaban J connectivity index is 0.00000225. The van der Waals surface area contributed by atoms with Crippen LogP contribution in [0.15, 0.2) is 24.3 Å². The van der Waals surface area contributed by atoms with E-state index in [0.717, 1.165) is 23.8 Å². The van der Waals surface area contributed by atoms with E-state index in [1.54, 1.807) is 12.0 Å². The van der Waals surface area contributed by atoms with Crippen molar-refractivity contribution in [3.63, 3.8) is 0 Å². The number of ether oxygens (including phenoxy) is 1. The minimum atomic E-state index is -0.390. The summed E-state index contributed by atoms with van der Waals surface area (Å²) in [5.74, 6) is 1.45. The van der Waals surface area contributed by atoms with E-state index in [1.165, 1.54) is 12.8 Å². The second-order valence-corrected chi connectivity index (χ2v) is 6.59. The van der Waals surface area contributed by atoms with Crippen molar-refractivity contribution in [1.29, 1.82) is 0 Å². The van der Waals surface area contributed by atoms with Crippen molar-refractivity contribution >= 4 is 24.2 Å². The Hall–Kier alpha value is -1.79. The van der Waals surface area contributed by atoms with Crippen LogP contribution in [0.5, 0.6) is 5.75 Å². The number of nitrogens with one attached hydrogen (secondary N) is 2. The molecule has 2 fully saturated rings. The number of nitrogens with zero attached hydrogens (tertiary/aromatic N) is 1. The highest BCUT2D eigenvalue weighted by atomic mass is 35.5. The third-order valence-corrected chi connectivity index (χ3v) is 4.58. The Kier molecular flexibility index (Phi) is 7.08. The number of rotatable bonds is 8. The number of benzene rings is 1. The molecule has 0 radical (unpaired) electrons. The van der Waals surface area contributed by atoms with Crippen LogP contribution in [0.25, 0.3) is 0 Å². The van der Waals surface area contributed by atoms with Crippen molar-refractivity contribution in [3.05, 3.63) is 29.8 Å². The van der Waals surface area contributed by atoms with Crippen LogP contribution in [0.1, 0.15) is 24.8 Å². The molecule has 2 N–H and O–H groups in total. The molecule has 1 atom stereocenters. The topological polar surface area (TPSA) is 70.7 Å². The van der Waals surface area contributed by atoms with Crippen LogP contribution in [0, 0.1) is 5.92 Å². The van der Waals surface area contributed by atoms with E-state index < -0.39 is 6.04 Å². The first-order valence-electron chi connectivity index (χ1n) is 8.57. The molecule has 0 bridgehead atoms. The van der Waals surface area contributed by atoms with Gasteiger partial charge in [-0.25, -0.2) is 0 Å². The van der Waals surface area contributed by atoms with Gasteiger partial charge in [0.05, 0.1) is 13.7 Å². The molecular weight excluding hydrogens is 342 g/mol. The maximum absolute atomic E-state index is 12.4. The molecule has 1 heterocycles. The van der Waals surface area contributed by atoms with E-state index in [4.69, 9.17) is 4.74 Å². The highest BCUT2D eigenvalue weighted by Crippen LogP contribution is 2.27. The maximum atomic E-state index is 12.4. The molecule has 2 amide bonds. The van der Waals surface area contributed by atoms with E-state index in [1.807, 2.05) is 24.3 Å². The summed E-state index contributed by atoms with van der Waals surface area (Å²) in [5.41, 5.74) is 1.06. The molecule has 1 aromatic carbocycles. The Morgan fingerprint density at radius 1 is 1.24 bits per heavy atom. The molecule has 1 unspecified atom stereocenters. The number of carbonyl (C=O) groups excluding carboxylic acids is 2. The summed E-state index contributed by atoms with van der Waals surface area (Å²) in [6.07, 6.45) is 3.19. The molecule has 1 saturated heterocycles. The monoisotopic (exact) mass is 367 g/mol. The minimum absolute atomic E-state index is 0. The van der Waals surface area contributed by atoms with Gasteiger partial charge in [0.1, 0.15) is 11.8 Å². The van der Waals surface area contributed by atoms with Gasteiger partial charge >= 0.3 is 0 Å². The third-order valence-electron chi connectivity index (χ3n) is 4.58. The number of hydrogen-bond donors (Lipinski definition) is 2. The smallest absolute Gasteiger partial charge is 0.245 e. The zero-order chi connectivity index (χ0) is 16.9. The van der Waals surface area contributed by atoms with E-state index in [9.17, 15) is 9.59 Å². The molecule has 6 nitrogen and oxygen atoms in total. The summed E-state index contributed by atoms with van der Waals surface area (Å²) in [5, 5.41) is 5.99. The number of hydrogen-bond acceptors (Lipinski definition) is 4. The van der Waals surface area contributed by atoms with Gasteiger partial charge in [0.15, 0.2) is 0 Å².